The Bertz CT molecular complexity index is 2280. The standard InChI is InChI=1S/C32H39N9O15P2/c1-2-3-9-22(42)39-24(17-7-5-4-6-8-17)31(44)55-27-20(54-30(26(27)43)41-16-37-25-28(34)35-15-36-29(25)41)14-52-58(49,50)56-18-12-23(40-11-10-21(33)38-32(40)45)53-19(18)13-51-57(46,47)48/h2,4-8,10-11,15-16,18-20,23-24,26-27,30,43H,1,3,9,12-14H2,(H,39,42)(H,49,50)(H2,33,38,45)(H2,34,35,36)(H2,46,47,48)/t18-,19+,20+,23+,24-,26+,27+,30+/m0/s1. The Morgan fingerprint density at radius 2 is 1.78 bits per heavy atom. The number of phosphoric ester groups is 2. The number of fused-ring (bicyclic) bond motifs is 1. The summed E-state index contributed by atoms with van der Waals surface area (Å²) in [6.45, 7) is 1.87. The lowest BCUT2D eigenvalue weighted by molar-refractivity contribution is -0.160. The highest BCUT2D eigenvalue weighted by Gasteiger charge is 2.50. The fourth-order valence-corrected chi connectivity index (χ4v) is 7.50. The normalized spacial score (nSPS) is 24.9. The minimum Gasteiger partial charge on any atom is -0.455 e. The number of phosphoric acid groups is 2. The van der Waals surface area contributed by atoms with E-state index in [4.69, 9.17) is 34.7 Å². The van der Waals surface area contributed by atoms with Crippen LogP contribution in [0.2, 0.25) is 0 Å². The SMILES string of the molecule is C=CCCC(=O)N[C@H](C(=O)O[C@H]1[C@@H](O)[C@H](n2cnc3c(N)ncnc32)O[C@@H]1COP(=O)(O)O[C@H]1C[C@H](n2ccc(N)nc2=O)O[C@@H]1COP(=O)(O)O)c1ccccc1. The molecule has 2 saturated heterocycles. The van der Waals surface area contributed by atoms with Gasteiger partial charge in [-0.15, -0.1) is 6.58 Å². The van der Waals surface area contributed by atoms with Crippen LogP contribution in [0, 0.1) is 0 Å². The molecule has 0 aliphatic carbocycles. The van der Waals surface area contributed by atoms with Crippen LogP contribution in [-0.2, 0) is 46.5 Å². The van der Waals surface area contributed by atoms with Gasteiger partial charge in [0, 0.05) is 19.0 Å². The molecule has 0 spiro atoms. The summed E-state index contributed by atoms with van der Waals surface area (Å²) in [6, 6.07) is 8.01. The van der Waals surface area contributed by atoms with Crippen LogP contribution in [0.3, 0.4) is 0 Å². The van der Waals surface area contributed by atoms with E-state index >= 15 is 0 Å². The van der Waals surface area contributed by atoms with E-state index in [0.29, 0.717) is 12.0 Å². The van der Waals surface area contributed by atoms with Crippen molar-refractivity contribution >= 4 is 50.3 Å². The second-order valence-electron chi connectivity index (χ2n) is 12.9. The number of aliphatic hydroxyl groups excluding tert-OH is 1. The monoisotopic (exact) mass is 851 g/mol. The van der Waals surface area contributed by atoms with E-state index in [1.165, 1.54) is 29.2 Å². The third kappa shape index (κ3) is 10.2. The lowest BCUT2D eigenvalue weighted by Gasteiger charge is -2.25. The first kappa shape index (κ1) is 42.6. The van der Waals surface area contributed by atoms with Crippen molar-refractivity contribution in [3.8, 4) is 0 Å². The van der Waals surface area contributed by atoms with Gasteiger partial charge in [-0.3, -0.25) is 27.5 Å². The Hall–Kier alpha value is -4.97. The molecule has 26 heteroatoms. The van der Waals surface area contributed by atoms with Gasteiger partial charge in [-0.25, -0.2) is 33.7 Å². The van der Waals surface area contributed by atoms with Crippen molar-refractivity contribution in [3.05, 3.63) is 84.0 Å². The third-order valence-electron chi connectivity index (χ3n) is 8.89. The molecule has 2 aliphatic rings. The molecule has 3 aromatic heterocycles. The zero-order valence-electron chi connectivity index (χ0n) is 30.1. The number of aromatic nitrogens is 6. The van der Waals surface area contributed by atoms with Gasteiger partial charge in [-0.05, 0) is 18.1 Å². The maximum Gasteiger partial charge on any atom is 0.472 e. The number of imidazole rings is 1. The molecular formula is C32H39N9O15P2. The van der Waals surface area contributed by atoms with Crippen molar-refractivity contribution in [2.75, 3.05) is 24.7 Å². The van der Waals surface area contributed by atoms with Crippen molar-refractivity contribution < 1.29 is 66.3 Å². The van der Waals surface area contributed by atoms with Crippen LogP contribution in [0.4, 0.5) is 11.6 Å². The van der Waals surface area contributed by atoms with Gasteiger partial charge in [0.05, 0.1) is 19.5 Å². The zero-order chi connectivity index (χ0) is 41.8. The van der Waals surface area contributed by atoms with E-state index in [2.05, 4.69) is 36.4 Å². The van der Waals surface area contributed by atoms with E-state index in [1.807, 2.05) is 0 Å². The molecule has 1 unspecified atom stereocenters. The van der Waals surface area contributed by atoms with Crippen molar-refractivity contribution in [1.82, 2.24) is 34.4 Å². The number of nitrogens with zero attached hydrogens (tertiary/aromatic N) is 6. The number of hydrogen-bond acceptors (Lipinski definition) is 18. The second-order valence-corrected chi connectivity index (χ2v) is 15.5. The van der Waals surface area contributed by atoms with Gasteiger partial charge in [0.2, 0.25) is 5.91 Å². The molecular weight excluding hydrogens is 812 g/mol. The first-order valence-electron chi connectivity index (χ1n) is 17.3. The molecule has 1 amide bonds. The minimum absolute atomic E-state index is 0.00494. The molecule has 9 atom stereocenters. The Morgan fingerprint density at radius 1 is 1.03 bits per heavy atom. The molecule has 9 N–H and O–H groups in total. The zero-order valence-corrected chi connectivity index (χ0v) is 31.9. The number of aliphatic hydroxyl groups is 1. The smallest absolute Gasteiger partial charge is 0.455 e. The summed E-state index contributed by atoms with van der Waals surface area (Å²) in [7, 11) is -10.3. The number of carbonyl (C=O) groups excluding carboxylic acids is 2. The summed E-state index contributed by atoms with van der Waals surface area (Å²) in [4.78, 5) is 84.4. The fraction of sp³-hybridized carbons (Fsp3) is 0.406. The molecule has 58 heavy (non-hydrogen) atoms. The molecule has 0 bridgehead atoms. The Balaban J connectivity index is 1.24. The van der Waals surface area contributed by atoms with Crippen LogP contribution in [0.25, 0.3) is 11.2 Å². The van der Waals surface area contributed by atoms with Gasteiger partial charge in [-0.1, -0.05) is 36.4 Å². The van der Waals surface area contributed by atoms with Gasteiger partial charge in [0.15, 0.2) is 29.8 Å². The van der Waals surface area contributed by atoms with Crippen molar-refractivity contribution in [3.63, 3.8) is 0 Å². The maximum atomic E-state index is 13.9. The highest BCUT2D eigenvalue weighted by atomic mass is 31.2. The highest BCUT2D eigenvalue weighted by molar-refractivity contribution is 7.47. The molecule has 6 rings (SSSR count). The minimum atomic E-state index is -5.21. The van der Waals surface area contributed by atoms with E-state index in [-0.39, 0.29) is 35.6 Å². The Morgan fingerprint density at radius 3 is 2.48 bits per heavy atom. The van der Waals surface area contributed by atoms with Crippen LogP contribution >= 0.6 is 15.6 Å². The molecule has 5 heterocycles. The summed E-state index contributed by atoms with van der Waals surface area (Å²) >= 11 is 0. The van der Waals surface area contributed by atoms with Gasteiger partial charge >= 0.3 is 27.3 Å². The molecule has 0 radical (unpaired) electrons. The Labute approximate surface area is 327 Å². The van der Waals surface area contributed by atoms with Crippen molar-refractivity contribution in [2.45, 2.75) is 68.3 Å². The van der Waals surface area contributed by atoms with Gasteiger partial charge in [0.1, 0.15) is 48.3 Å². The Kier molecular flexibility index (Phi) is 13.1. The summed E-state index contributed by atoms with van der Waals surface area (Å²) in [5.74, 6) is -1.63. The summed E-state index contributed by atoms with van der Waals surface area (Å²) in [5.41, 5.74) is 11.2. The average molecular weight is 852 g/mol. The van der Waals surface area contributed by atoms with Crippen LogP contribution in [0.15, 0.2) is 72.7 Å². The molecule has 0 saturated carbocycles. The number of nitrogens with one attached hydrogen (secondary N) is 1. The molecule has 24 nitrogen and oxygen atoms in total. The summed E-state index contributed by atoms with van der Waals surface area (Å²) in [5, 5.41) is 14.3. The average Bonchev–Trinajstić information content (AvgIpc) is 3.86. The van der Waals surface area contributed by atoms with Crippen LogP contribution in [0.1, 0.15) is 43.3 Å². The molecule has 312 valence electrons. The second kappa shape index (κ2) is 17.9. The van der Waals surface area contributed by atoms with Crippen LogP contribution in [-0.4, -0.2) is 104 Å². The largest absolute Gasteiger partial charge is 0.472 e. The number of anilines is 2. The number of amides is 1. The number of hydrogen-bond donors (Lipinski definition) is 7. The molecule has 2 aliphatic heterocycles. The predicted molar refractivity (Wildman–Crippen MR) is 196 cm³/mol. The van der Waals surface area contributed by atoms with Crippen LogP contribution < -0.4 is 22.5 Å². The topological polar surface area (TPSA) is 347 Å². The van der Waals surface area contributed by atoms with Gasteiger partial charge in [0.25, 0.3) is 0 Å². The molecule has 2 fully saturated rings. The van der Waals surface area contributed by atoms with Crippen molar-refractivity contribution in [2.24, 2.45) is 0 Å². The molecule has 4 aromatic rings. The van der Waals surface area contributed by atoms with E-state index in [1.54, 1.807) is 30.3 Å². The first-order chi connectivity index (χ1) is 27.5. The number of nitrogens with two attached hydrogens (primary N) is 2. The highest BCUT2D eigenvalue weighted by Crippen LogP contribution is 2.50. The number of ether oxygens (including phenoxy) is 3. The summed E-state index contributed by atoms with van der Waals surface area (Å²) < 4.78 is 60.0. The van der Waals surface area contributed by atoms with Gasteiger partial charge in [-0.2, -0.15) is 4.98 Å². The number of esters is 1. The predicted octanol–water partition coefficient (Wildman–Crippen LogP) is 0.140. The summed E-state index contributed by atoms with van der Waals surface area (Å²) in [6.07, 6.45) is -5.30. The quantitative estimate of drug-likeness (QED) is 0.0422. The first-order valence-corrected chi connectivity index (χ1v) is 20.3. The number of carbonyl (C=O) groups is 2. The number of benzene rings is 1. The van der Waals surface area contributed by atoms with E-state index in [0.717, 1.165) is 10.9 Å². The molecule has 1 aromatic carbocycles. The number of nitrogen functional groups attached to an aromatic ring is 2. The van der Waals surface area contributed by atoms with Crippen molar-refractivity contribution in [1.29, 1.82) is 0 Å². The van der Waals surface area contributed by atoms with E-state index in [9.17, 15) is 43.3 Å². The number of rotatable bonds is 17. The number of allylic oxidation sites excluding steroid dienone is 1. The fourth-order valence-electron chi connectivity index (χ4n) is 6.19. The maximum absolute atomic E-state index is 13.9. The third-order valence-corrected chi connectivity index (χ3v) is 10.4. The van der Waals surface area contributed by atoms with Crippen LogP contribution in [0.5, 0.6) is 0 Å². The lowest BCUT2D eigenvalue weighted by atomic mass is 10.1. The van der Waals surface area contributed by atoms with E-state index < -0.39 is 95.4 Å². The lowest BCUT2D eigenvalue weighted by Crippen LogP contribution is -2.42. The van der Waals surface area contributed by atoms with Gasteiger partial charge < -0.3 is 50.8 Å².